The normalized spacial score (nSPS) is 12.1. The predicted molar refractivity (Wildman–Crippen MR) is 112 cm³/mol. The van der Waals surface area contributed by atoms with Crippen LogP contribution in [-0.4, -0.2) is 20.1 Å². The minimum Gasteiger partial charge on any atom is -0.497 e. The van der Waals surface area contributed by atoms with Gasteiger partial charge in [-0.3, -0.25) is 4.79 Å². The number of benzene rings is 2. The molecule has 3 aromatic rings. The van der Waals surface area contributed by atoms with Crippen LogP contribution in [0.3, 0.4) is 0 Å². The molecular weight excluding hydrogens is 402 g/mol. The number of ether oxygens (including phenoxy) is 2. The number of halogens is 1. The van der Waals surface area contributed by atoms with Gasteiger partial charge in [0.2, 0.25) is 0 Å². The van der Waals surface area contributed by atoms with Gasteiger partial charge in [0.25, 0.3) is 5.91 Å². The molecule has 0 atom stereocenters. The summed E-state index contributed by atoms with van der Waals surface area (Å²) >= 11 is 9.34. The lowest BCUT2D eigenvalue weighted by Crippen LogP contribution is -2.11. The lowest BCUT2D eigenvalue weighted by Gasteiger charge is -2.15. The molecule has 7 heteroatoms. The highest BCUT2D eigenvalue weighted by Gasteiger charge is 2.23. The molecule has 1 amide bonds. The third kappa shape index (κ3) is 3.52. The van der Waals surface area contributed by atoms with Gasteiger partial charge in [-0.25, -0.2) is 0 Å². The lowest BCUT2D eigenvalue weighted by molar-refractivity contribution is 0.103. The first-order chi connectivity index (χ1) is 13.1. The number of fused-ring (bicyclic) bond motifs is 3. The van der Waals surface area contributed by atoms with E-state index in [0.29, 0.717) is 22.1 Å². The zero-order chi connectivity index (χ0) is 19.0. The second kappa shape index (κ2) is 7.46. The van der Waals surface area contributed by atoms with E-state index in [1.807, 2.05) is 24.3 Å². The van der Waals surface area contributed by atoms with E-state index in [1.54, 1.807) is 44.2 Å². The number of hydrogen-bond acceptors (Lipinski definition) is 5. The predicted octanol–water partition coefficient (Wildman–Crippen LogP) is 5.94. The summed E-state index contributed by atoms with van der Waals surface area (Å²) in [5.74, 6) is 1.90. The van der Waals surface area contributed by atoms with Crippen molar-refractivity contribution in [1.82, 2.24) is 0 Å². The fourth-order valence-corrected chi connectivity index (χ4v) is 5.50. The molecule has 4 rings (SSSR count). The Kier molecular flexibility index (Phi) is 5.04. The lowest BCUT2D eigenvalue weighted by atomic mass is 10.1. The molecule has 2 heterocycles. The summed E-state index contributed by atoms with van der Waals surface area (Å²) in [6.45, 7) is 0. The highest BCUT2D eigenvalue weighted by atomic mass is 35.5. The van der Waals surface area contributed by atoms with Gasteiger partial charge in [0.05, 0.1) is 24.8 Å². The highest BCUT2D eigenvalue weighted by molar-refractivity contribution is 7.98. The van der Waals surface area contributed by atoms with Crippen molar-refractivity contribution in [1.29, 1.82) is 0 Å². The van der Waals surface area contributed by atoms with Crippen molar-refractivity contribution >= 4 is 46.3 Å². The summed E-state index contributed by atoms with van der Waals surface area (Å²) < 4.78 is 10.6. The molecule has 138 valence electrons. The second-order valence-electron chi connectivity index (χ2n) is 5.91. The van der Waals surface area contributed by atoms with Gasteiger partial charge in [0.15, 0.2) is 0 Å². The van der Waals surface area contributed by atoms with Crippen LogP contribution >= 0.6 is 34.7 Å². The summed E-state index contributed by atoms with van der Waals surface area (Å²) in [5, 5.41) is 3.66. The van der Waals surface area contributed by atoms with Crippen LogP contribution in [0.25, 0.3) is 10.4 Å². The van der Waals surface area contributed by atoms with Crippen LogP contribution in [-0.2, 0) is 5.75 Å². The third-order valence-electron chi connectivity index (χ3n) is 4.26. The molecule has 2 aromatic carbocycles. The molecule has 0 saturated carbocycles. The molecule has 0 unspecified atom stereocenters. The number of hydrogen-bond donors (Lipinski definition) is 1. The smallest absolute Gasteiger partial charge is 0.265 e. The zero-order valence-electron chi connectivity index (χ0n) is 14.7. The van der Waals surface area contributed by atoms with Crippen LogP contribution < -0.4 is 14.8 Å². The zero-order valence-corrected chi connectivity index (χ0v) is 17.1. The topological polar surface area (TPSA) is 47.6 Å². The van der Waals surface area contributed by atoms with Gasteiger partial charge in [-0.15, -0.1) is 23.1 Å². The van der Waals surface area contributed by atoms with Crippen molar-refractivity contribution in [3.05, 3.63) is 57.9 Å². The Morgan fingerprint density at radius 1 is 1.11 bits per heavy atom. The Morgan fingerprint density at radius 2 is 1.96 bits per heavy atom. The van der Waals surface area contributed by atoms with Crippen LogP contribution in [0, 0.1) is 0 Å². The SMILES string of the molecule is COc1ccc(NC(=O)c2cc3c(s2)-c2ccc(Cl)cc2SC3)c(OC)c1. The van der Waals surface area contributed by atoms with Crippen molar-refractivity contribution < 1.29 is 14.3 Å². The quantitative estimate of drug-likeness (QED) is 0.570. The Labute approximate surface area is 170 Å². The molecule has 0 aliphatic carbocycles. The van der Waals surface area contributed by atoms with Gasteiger partial charge in [-0.1, -0.05) is 17.7 Å². The number of anilines is 1. The summed E-state index contributed by atoms with van der Waals surface area (Å²) in [6, 6.07) is 13.2. The molecule has 0 fully saturated rings. The molecule has 27 heavy (non-hydrogen) atoms. The van der Waals surface area contributed by atoms with E-state index in [4.69, 9.17) is 21.1 Å². The molecule has 1 N–H and O–H groups in total. The van der Waals surface area contributed by atoms with E-state index in [2.05, 4.69) is 5.32 Å². The molecule has 0 bridgehead atoms. The van der Waals surface area contributed by atoms with E-state index in [1.165, 1.54) is 16.9 Å². The number of rotatable bonds is 4. The van der Waals surface area contributed by atoms with Gasteiger partial charge in [0, 0.05) is 32.2 Å². The van der Waals surface area contributed by atoms with Crippen LogP contribution in [0.15, 0.2) is 47.4 Å². The maximum atomic E-state index is 12.8. The number of methoxy groups -OCH3 is 2. The first-order valence-corrected chi connectivity index (χ1v) is 10.4. The van der Waals surface area contributed by atoms with E-state index in [-0.39, 0.29) is 5.91 Å². The largest absolute Gasteiger partial charge is 0.497 e. The monoisotopic (exact) mass is 417 g/mol. The fraction of sp³-hybridized carbons (Fsp3) is 0.150. The summed E-state index contributed by atoms with van der Waals surface area (Å²) in [7, 11) is 3.15. The molecule has 0 saturated heterocycles. The molecule has 0 radical (unpaired) electrons. The van der Waals surface area contributed by atoms with Crippen molar-refractivity contribution in [2.24, 2.45) is 0 Å². The maximum Gasteiger partial charge on any atom is 0.265 e. The molecule has 1 aliphatic heterocycles. The Hall–Kier alpha value is -2.15. The van der Waals surface area contributed by atoms with E-state index in [9.17, 15) is 4.79 Å². The number of nitrogens with one attached hydrogen (secondary N) is 1. The van der Waals surface area contributed by atoms with E-state index >= 15 is 0 Å². The summed E-state index contributed by atoms with van der Waals surface area (Å²) in [4.78, 5) is 15.8. The molecule has 1 aromatic heterocycles. The fourth-order valence-electron chi connectivity index (χ4n) is 2.92. The summed E-state index contributed by atoms with van der Waals surface area (Å²) in [6.07, 6.45) is 0. The van der Waals surface area contributed by atoms with Crippen LogP contribution in [0.5, 0.6) is 11.5 Å². The molecule has 1 aliphatic rings. The molecule has 0 spiro atoms. The van der Waals surface area contributed by atoms with Gasteiger partial charge in [0.1, 0.15) is 11.5 Å². The number of carbonyl (C=O) groups excluding carboxylic acids is 1. The number of thioether (sulfide) groups is 1. The number of amides is 1. The Morgan fingerprint density at radius 3 is 2.74 bits per heavy atom. The third-order valence-corrected chi connectivity index (χ3v) is 6.81. The number of thiophene rings is 1. The van der Waals surface area contributed by atoms with Crippen molar-refractivity contribution in [3.8, 4) is 21.9 Å². The van der Waals surface area contributed by atoms with E-state index in [0.717, 1.165) is 26.1 Å². The average Bonchev–Trinajstić information content (AvgIpc) is 3.12. The maximum absolute atomic E-state index is 12.8. The minimum absolute atomic E-state index is 0.154. The highest BCUT2D eigenvalue weighted by Crippen LogP contribution is 2.46. The van der Waals surface area contributed by atoms with Crippen LogP contribution in [0.2, 0.25) is 5.02 Å². The van der Waals surface area contributed by atoms with E-state index < -0.39 is 0 Å². The van der Waals surface area contributed by atoms with Crippen LogP contribution in [0.1, 0.15) is 15.2 Å². The van der Waals surface area contributed by atoms with Crippen molar-refractivity contribution in [3.63, 3.8) is 0 Å². The van der Waals surface area contributed by atoms with Crippen molar-refractivity contribution in [2.45, 2.75) is 10.6 Å². The first kappa shape index (κ1) is 18.2. The second-order valence-corrected chi connectivity index (χ2v) is 8.42. The molecule has 4 nitrogen and oxygen atoms in total. The van der Waals surface area contributed by atoms with Gasteiger partial charge in [-0.05, 0) is 35.9 Å². The number of carbonyl (C=O) groups is 1. The molecular formula is C20H16ClNO3S2. The Bertz CT molecular complexity index is 1030. The minimum atomic E-state index is -0.154. The Balaban J connectivity index is 1.62. The van der Waals surface area contributed by atoms with Gasteiger partial charge >= 0.3 is 0 Å². The van der Waals surface area contributed by atoms with Gasteiger partial charge < -0.3 is 14.8 Å². The van der Waals surface area contributed by atoms with Crippen LogP contribution in [0.4, 0.5) is 5.69 Å². The van der Waals surface area contributed by atoms with Gasteiger partial charge in [-0.2, -0.15) is 0 Å². The summed E-state index contributed by atoms with van der Waals surface area (Å²) in [5.41, 5.74) is 2.92. The average molecular weight is 418 g/mol. The standard InChI is InChI=1S/C20H16ClNO3S2/c1-24-13-4-6-15(16(9-13)25-2)22-20(23)18-7-11-10-26-17-8-12(21)3-5-14(17)19(11)27-18/h3-9H,10H2,1-2H3,(H,22,23). The van der Waals surface area contributed by atoms with Crippen molar-refractivity contribution in [2.75, 3.05) is 19.5 Å². The first-order valence-electron chi connectivity index (χ1n) is 8.18.